The summed E-state index contributed by atoms with van der Waals surface area (Å²) in [7, 11) is 0. The Kier molecular flexibility index (Phi) is 5.01. The van der Waals surface area contributed by atoms with E-state index in [1.165, 1.54) is 12.8 Å². The summed E-state index contributed by atoms with van der Waals surface area (Å²) in [6.07, 6.45) is 7.26. The van der Waals surface area contributed by atoms with Crippen LogP contribution >= 0.6 is 0 Å². The first-order valence-electron chi connectivity index (χ1n) is 8.82. The van der Waals surface area contributed by atoms with Gasteiger partial charge in [-0.05, 0) is 32.1 Å². The van der Waals surface area contributed by atoms with Crippen LogP contribution in [0, 0.1) is 5.92 Å². The van der Waals surface area contributed by atoms with Gasteiger partial charge in [0.1, 0.15) is 0 Å². The Bertz CT molecular complexity index is 414. The van der Waals surface area contributed by atoms with Crippen LogP contribution in [0.15, 0.2) is 0 Å². The second kappa shape index (κ2) is 6.99. The minimum Gasteiger partial charge on any atom is -0.381 e. The van der Waals surface area contributed by atoms with Crippen molar-refractivity contribution in [1.29, 1.82) is 0 Å². The van der Waals surface area contributed by atoms with Crippen molar-refractivity contribution in [2.45, 2.75) is 64.0 Å². The molecule has 1 unspecified atom stereocenters. The highest BCUT2D eigenvalue weighted by Crippen LogP contribution is 2.29. The van der Waals surface area contributed by atoms with Crippen molar-refractivity contribution in [1.82, 2.24) is 9.80 Å². The van der Waals surface area contributed by atoms with Gasteiger partial charge in [0.2, 0.25) is 11.8 Å². The molecule has 5 heteroatoms. The topological polar surface area (TPSA) is 49.9 Å². The van der Waals surface area contributed by atoms with E-state index in [2.05, 4.69) is 0 Å². The summed E-state index contributed by atoms with van der Waals surface area (Å²) in [6.45, 7) is 4.69. The van der Waals surface area contributed by atoms with Crippen molar-refractivity contribution in [3.8, 4) is 0 Å². The van der Waals surface area contributed by atoms with Gasteiger partial charge in [-0.3, -0.25) is 9.59 Å². The van der Waals surface area contributed by atoms with Gasteiger partial charge in [0.25, 0.3) is 0 Å². The Morgan fingerprint density at radius 2 is 1.68 bits per heavy atom. The highest BCUT2D eigenvalue weighted by molar-refractivity contribution is 5.80. The van der Waals surface area contributed by atoms with E-state index in [1.807, 2.05) is 9.80 Å². The van der Waals surface area contributed by atoms with Crippen LogP contribution in [-0.4, -0.2) is 60.0 Å². The smallest absolute Gasteiger partial charge is 0.225 e. The first-order valence-corrected chi connectivity index (χ1v) is 8.82. The molecule has 3 rings (SSSR count). The molecule has 0 radical (unpaired) electrons. The Hall–Kier alpha value is -1.10. The molecule has 0 aromatic carbocycles. The van der Waals surface area contributed by atoms with Crippen LogP contribution in [0.1, 0.15) is 51.9 Å². The first-order chi connectivity index (χ1) is 10.7. The lowest BCUT2D eigenvalue weighted by Gasteiger charge is -2.38. The molecule has 3 aliphatic rings. The van der Waals surface area contributed by atoms with E-state index in [9.17, 15) is 9.59 Å². The van der Waals surface area contributed by atoms with E-state index in [4.69, 9.17) is 4.74 Å². The van der Waals surface area contributed by atoms with Gasteiger partial charge in [0.15, 0.2) is 0 Å². The molecule has 0 spiro atoms. The molecule has 0 aromatic rings. The van der Waals surface area contributed by atoms with Gasteiger partial charge in [-0.15, -0.1) is 0 Å². The van der Waals surface area contributed by atoms with Gasteiger partial charge in [-0.1, -0.05) is 12.8 Å². The molecule has 3 fully saturated rings. The van der Waals surface area contributed by atoms with Gasteiger partial charge in [0.05, 0.1) is 6.04 Å². The maximum absolute atomic E-state index is 12.6. The predicted molar refractivity (Wildman–Crippen MR) is 83.3 cm³/mol. The number of hydrogen-bond donors (Lipinski definition) is 0. The van der Waals surface area contributed by atoms with Crippen LogP contribution in [0.3, 0.4) is 0 Å². The quantitative estimate of drug-likeness (QED) is 0.799. The number of nitrogens with zero attached hydrogens (tertiary/aromatic N) is 2. The van der Waals surface area contributed by atoms with Crippen molar-refractivity contribution >= 4 is 11.8 Å². The molecular formula is C17H28N2O3. The maximum Gasteiger partial charge on any atom is 0.225 e. The fourth-order valence-electron chi connectivity index (χ4n) is 4.38. The molecule has 5 nitrogen and oxygen atoms in total. The third-order valence-corrected chi connectivity index (χ3v) is 5.52. The van der Waals surface area contributed by atoms with E-state index in [0.29, 0.717) is 5.91 Å². The van der Waals surface area contributed by atoms with Gasteiger partial charge in [-0.2, -0.15) is 0 Å². The average Bonchev–Trinajstić information content (AvgIpc) is 3.19. The largest absolute Gasteiger partial charge is 0.381 e. The fourth-order valence-corrected chi connectivity index (χ4v) is 4.38. The van der Waals surface area contributed by atoms with Crippen LogP contribution in [-0.2, 0) is 14.3 Å². The molecule has 0 bridgehead atoms. The summed E-state index contributed by atoms with van der Waals surface area (Å²) in [5.74, 6) is 0.718. The number of amides is 2. The normalized spacial score (nSPS) is 27.3. The second-order valence-corrected chi connectivity index (χ2v) is 6.98. The Morgan fingerprint density at radius 1 is 1.00 bits per heavy atom. The molecule has 0 aromatic heterocycles. The lowest BCUT2D eigenvalue weighted by Crippen LogP contribution is -2.50. The molecule has 0 N–H and O–H groups in total. The van der Waals surface area contributed by atoms with Gasteiger partial charge < -0.3 is 14.5 Å². The van der Waals surface area contributed by atoms with Crippen LogP contribution in [0.5, 0.6) is 0 Å². The zero-order valence-corrected chi connectivity index (χ0v) is 13.6. The van der Waals surface area contributed by atoms with Crippen LogP contribution in [0.2, 0.25) is 0 Å². The summed E-state index contributed by atoms with van der Waals surface area (Å²) in [5, 5.41) is 0. The summed E-state index contributed by atoms with van der Waals surface area (Å²) in [4.78, 5) is 28.8. The second-order valence-electron chi connectivity index (χ2n) is 6.98. The molecule has 2 aliphatic heterocycles. The molecule has 1 saturated carbocycles. The van der Waals surface area contributed by atoms with E-state index in [-0.39, 0.29) is 23.9 Å². The summed E-state index contributed by atoms with van der Waals surface area (Å²) >= 11 is 0. The number of hydrogen-bond acceptors (Lipinski definition) is 3. The number of rotatable bonds is 3. The Morgan fingerprint density at radius 3 is 2.32 bits per heavy atom. The fraction of sp³-hybridized carbons (Fsp3) is 0.882. The number of carbonyl (C=O) groups is 2. The van der Waals surface area contributed by atoms with Gasteiger partial charge >= 0.3 is 0 Å². The van der Waals surface area contributed by atoms with Crippen LogP contribution < -0.4 is 0 Å². The lowest BCUT2D eigenvalue weighted by atomic mass is 10.0. The molecule has 2 saturated heterocycles. The summed E-state index contributed by atoms with van der Waals surface area (Å²) in [5.41, 5.74) is 0. The van der Waals surface area contributed by atoms with Crippen molar-refractivity contribution < 1.29 is 14.3 Å². The van der Waals surface area contributed by atoms with E-state index < -0.39 is 0 Å². The predicted octanol–water partition coefficient (Wildman–Crippen LogP) is 1.80. The highest BCUT2D eigenvalue weighted by Gasteiger charge is 2.37. The molecule has 2 heterocycles. The number of carbonyl (C=O) groups excluding carboxylic acids is 2. The van der Waals surface area contributed by atoms with Gasteiger partial charge in [-0.25, -0.2) is 0 Å². The average molecular weight is 308 g/mol. The van der Waals surface area contributed by atoms with E-state index in [0.717, 1.165) is 58.4 Å². The minimum absolute atomic E-state index is 0.145. The zero-order chi connectivity index (χ0) is 15.5. The van der Waals surface area contributed by atoms with Gasteiger partial charge in [0, 0.05) is 45.2 Å². The summed E-state index contributed by atoms with van der Waals surface area (Å²) in [6, 6.07) is 0.490. The van der Waals surface area contributed by atoms with Crippen molar-refractivity contribution in [3.63, 3.8) is 0 Å². The molecule has 1 atom stereocenters. The third kappa shape index (κ3) is 3.29. The minimum atomic E-state index is 0.145. The first kappa shape index (κ1) is 15.8. The Labute approximate surface area is 133 Å². The third-order valence-electron chi connectivity index (χ3n) is 5.52. The SMILES string of the molecule is CC(=O)N(C1CCOCC1)C1CCN(C(=O)C2CCCC2)C1. The van der Waals surface area contributed by atoms with Crippen LogP contribution in [0.4, 0.5) is 0 Å². The maximum atomic E-state index is 12.6. The number of ether oxygens (including phenoxy) is 1. The molecule has 124 valence electrons. The summed E-state index contributed by atoms with van der Waals surface area (Å²) < 4.78 is 5.42. The van der Waals surface area contributed by atoms with Crippen molar-refractivity contribution in [2.75, 3.05) is 26.3 Å². The monoisotopic (exact) mass is 308 g/mol. The molecule has 1 aliphatic carbocycles. The number of likely N-dealkylation sites (tertiary alicyclic amines) is 1. The Balaban J connectivity index is 1.61. The molecule has 22 heavy (non-hydrogen) atoms. The lowest BCUT2D eigenvalue weighted by molar-refractivity contribution is -0.138. The van der Waals surface area contributed by atoms with E-state index in [1.54, 1.807) is 6.92 Å². The van der Waals surface area contributed by atoms with Crippen LogP contribution in [0.25, 0.3) is 0 Å². The highest BCUT2D eigenvalue weighted by atomic mass is 16.5. The zero-order valence-electron chi connectivity index (χ0n) is 13.6. The van der Waals surface area contributed by atoms with Crippen molar-refractivity contribution in [2.24, 2.45) is 5.92 Å². The molecule has 2 amide bonds. The molecular weight excluding hydrogens is 280 g/mol. The van der Waals surface area contributed by atoms with E-state index >= 15 is 0 Å². The standard InChI is InChI=1S/C17H28N2O3/c1-13(20)19(15-7-10-22-11-8-15)16-6-9-18(12-16)17(21)14-4-2-3-5-14/h14-16H,2-12H2,1H3. The van der Waals surface area contributed by atoms with Crippen molar-refractivity contribution in [3.05, 3.63) is 0 Å².